The first-order valence-electron chi connectivity index (χ1n) is 8.86. The SMILES string of the molecule is COc1cccc(C2=Cc3cccc4cccc(c34)C2C(CO)CO)c1. The molecule has 0 amide bonds. The third kappa shape index (κ3) is 2.70. The lowest BCUT2D eigenvalue weighted by Crippen LogP contribution is -2.23. The maximum Gasteiger partial charge on any atom is 0.119 e. The van der Waals surface area contributed by atoms with Crippen LogP contribution >= 0.6 is 0 Å². The van der Waals surface area contributed by atoms with Crippen LogP contribution < -0.4 is 4.74 Å². The van der Waals surface area contributed by atoms with E-state index in [9.17, 15) is 10.2 Å². The molecule has 2 N–H and O–H groups in total. The lowest BCUT2D eigenvalue weighted by Gasteiger charge is -2.32. The van der Waals surface area contributed by atoms with Gasteiger partial charge in [-0.15, -0.1) is 0 Å². The molecule has 0 aliphatic heterocycles. The fourth-order valence-corrected chi connectivity index (χ4v) is 4.05. The van der Waals surface area contributed by atoms with Gasteiger partial charge in [0.1, 0.15) is 5.75 Å². The van der Waals surface area contributed by atoms with E-state index in [0.717, 1.165) is 22.4 Å². The van der Waals surface area contributed by atoms with Crippen molar-refractivity contribution in [3.8, 4) is 5.75 Å². The van der Waals surface area contributed by atoms with Crippen LogP contribution in [0.15, 0.2) is 60.7 Å². The minimum Gasteiger partial charge on any atom is -0.497 e. The van der Waals surface area contributed by atoms with Crippen molar-refractivity contribution in [2.24, 2.45) is 5.92 Å². The predicted octanol–water partition coefficient (Wildman–Crippen LogP) is 4.09. The molecule has 0 fully saturated rings. The molecule has 3 heteroatoms. The highest BCUT2D eigenvalue weighted by molar-refractivity contribution is 6.03. The summed E-state index contributed by atoms with van der Waals surface area (Å²) in [6.45, 7) is -0.137. The molecule has 4 rings (SSSR count). The maximum absolute atomic E-state index is 9.94. The Labute approximate surface area is 153 Å². The van der Waals surface area contributed by atoms with Crippen molar-refractivity contribution in [2.75, 3.05) is 20.3 Å². The summed E-state index contributed by atoms with van der Waals surface area (Å²) in [5.41, 5.74) is 4.48. The molecule has 0 radical (unpaired) electrons. The number of aliphatic hydroxyl groups excluding tert-OH is 2. The van der Waals surface area contributed by atoms with E-state index >= 15 is 0 Å². The van der Waals surface area contributed by atoms with E-state index in [2.05, 4.69) is 48.5 Å². The Hall–Kier alpha value is -2.62. The summed E-state index contributed by atoms with van der Waals surface area (Å²) in [4.78, 5) is 0. The topological polar surface area (TPSA) is 49.7 Å². The van der Waals surface area contributed by atoms with Crippen molar-refractivity contribution >= 4 is 22.4 Å². The molecule has 1 unspecified atom stereocenters. The van der Waals surface area contributed by atoms with Crippen LogP contribution in [0.3, 0.4) is 0 Å². The first kappa shape index (κ1) is 16.8. The van der Waals surface area contributed by atoms with Crippen LogP contribution in [0.25, 0.3) is 22.4 Å². The zero-order valence-corrected chi connectivity index (χ0v) is 14.7. The molecule has 3 aromatic carbocycles. The fourth-order valence-electron chi connectivity index (χ4n) is 4.05. The minimum atomic E-state index is -0.258. The maximum atomic E-state index is 9.94. The molecule has 0 aromatic heterocycles. The van der Waals surface area contributed by atoms with Gasteiger partial charge in [-0.3, -0.25) is 0 Å². The van der Waals surface area contributed by atoms with E-state index in [1.165, 1.54) is 16.3 Å². The lowest BCUT2D eigenvalue weighted by atomic mass is 9.72. The molecule has 0 saturated heterocycles. The van der Waals surface area contributed by atoms with E-state index in [0.29, 0.717) is 0 Å². The second-order valence-corrected chi connectivity index (χ2v) is 6.73. The van der Waals surface area contributed by atoms with E-state index in [1.54, 1.807) is 7.11 Å². The quantitative estimate of drug-likeness (QED) is 0.732. The Morgan fingerprint density at radius 2 is 1.69 bits per heavy atom. The van der Waals surface area contributed by atoms with Crippen LogP contribution in [-0.2, 0) is 0 Å². The standard InChI is InChI=1S/C23H22O3/c1-26-19-9-3-7-16(11-19)21-12-17-8-2-5-15-6-4-10-20(22(15)17)23(21)18(13-24)14-25/h2-12,18,23-25H,13-14H2,1H3. The van der Waals surface area contributed by atoms with Crippen molar-refractivity contribution in [2.45, 2.75) is 5.92 Å². The number of allylic oxidation sites excluding steroid dienone is 1. The molecule has 0 heterocycles. The van der Waals surface area contributed by atoms with Gasteiger partial charge in [-0.05, 0) is 51.2 Å². The van der Waals surface area contributed by atoms with Crippen molar-refractivity contribution in [3.63, 3.8) is 0 Å². The summed E-state index contributed by atoms with van der Waals surface area (Å²) in [5.74, 6) is 0.464. The smallest absolute Gasteiger partial charge is 0.119 e. The molecule has 26 heavy (non-hydrogen) atoms. The summed E-state index contributed by atoms with van der Waals surface area (Å²) >= 11 is 0. The van der Waals surface area contributed by atoms with Crippen molar-refractivity contribution in [3.05, 3.63) is 77.4 Å². The number of hydrogen-bond acceptors (Lipinski definition) is 3. The molecule has 1 aliphatic rings. The van der Waals surface area contributed by atoms with Crippen molar-refractivity contribution in [1.82, 2.24) is 0 Å². The first-order chi connectivity index (χ1) is 12.8. The molecule has 0 spiro atoms. The van der Waals surface area contributed by atoms with Crippen LogP contribution in [0, 0.1) is 5.92 Å². The van der Waals surface area contributed by atoms with E-state index in [1.807, 2.05) is 18.2 Å². The molecule has 3 aromatic rings. The van der Waals surface area contributed by atoms with Gasteiger partial charge in [0.2, 0.25) is 0 Å². The zero-order chi connectivity index (χ0) is 18.1. The highest BCUT2D eigenvalue weighted by Gasteiger charge is 2.31. The van der Waals surface area contributed by atoms with E-state index < -0.39 is 0 Å². The predicted molar refractivity (Wildman–Crippen MR) is 105 cm³/mol. The number of ether oxygens (including phenoxy) is 1. The lowest BCUT2D eigenvalue weighted by molar-refractivity contribution is 0.142. The van der Waals surface area contributed by atoms with Crippen molar-refractivity contribution < 1.29 is 14.9 Å². The van der Waals surface area contributed by atoms with Gasteiger partial charge in [0, 0.05) is 25.0 Å². The molecule has 1 atom stereocenters. The highest BCUT2D eigenvalue weighted by Crippen LogP contribution is 2.46. The fraction of sp³-hybridized carbons (Fsp3) is 0.217. The summed E-state index contributed by atoms with van der Waals surface area (Å²) in [6.07, 6.45) is 2.19. The molecule has 1 aliphatic carbocycles. The van der Waals surface area contributed by atoms with Gasteiger partial charge < -0.3 is 14.9 Å². The number of methoxy groups -OCH3 is 1. The van der Waals surface area contributed by atoms with Gasteiger partial charge in [-0.2, -0.15) is 0 Å². The average Bonchev–Trinajstić information content (AvgIpc) is 2.70. The normalized spacial score (nSPS) is 16.0. The molecule has 132 valence electrons. The third-order valence-corrected chi connectivity index (χ3v) is 5.29. The van der Waals surface area contributed by atoms with Crippen LogP contribution in [0.5, 0.6) is 5.75 Å². The number of rotatable bonds is 5. The Kier molecular flexibility index (Phi) is 4.49. The largest absolute Gasteiger partial charge is 0.497 e. The Bertz CT molecular complexity index is 965. The summed E-state index contributed by atoms with van der Waals surface area (Å²) in [5, 5.41) is 22.3. The highest BCUT2D eigenvalue weighted by atomic mass is 16.5. The minimum absolute atomic E-state index is 0.0684. The van der Waals surface area contributed by atoms with E-state index in [-0.39, 0.29) is 25.0 Å². The van der Waals surface area contributed by atoms with Crippen LogP contribution in [0.2, 0.25) is 0 Å². The van der Waals surface area contributed by atoms with Crippen LogP contribution in [0.1, 0.15) is 22.6 Å². The van der Waals surface area contributed by atoms with Crippen molar-refractivity contribution in [1.29, 1.82) is 0 Å². The van der Waals surface area contributed by atoms with Gasteiger partial charge in [0.05, 0.1) is 7.11 Å². The molecule has 0 bridgehead atoms. The van der Waals surface area contributed by atoms with Gasteiger partial charge in [0.15, 0.2) is 0 Å². The molecular weight excluding hydrogens is 324 g/mol. The van der Waals surface area contributed by atoms with Gasteiger partial charge in [-0.25, -0.2) is 0 Å². The number of hydrogen-bond donors (Lipinski definition) is 2. The van der Waals surface area contributed by atoms with Gasteiger partial charge >= 0.3 is 0 Å². The van der Waals surface area contributed by atoms with Crippen LogP contribution in [-0.4, -0.2) is 30.5 Å². The Balaban J connectivity index is 1.98. The summed E-state index contributed by atoms with van der Waals surface area (Å²) in [6, 6.07) is 20.5. The number of aliphatic hydroxyl groups is 2. The summed E-state index contributed by atoms with van der Waals surface area (Å²) < 4.78 is 5.40. The Morgan fingerprint density at radius 3 is 2.42 bits per heavy atom. The van der Waals surface area contributed by atoms with Gasteiger partial charge in [-0.1, -0.05) is 48.5 Å². The second kappa shape index (κ2) is 6.94. The zero-order valence-electron chi connectivity index (χ0n) is 14.7. The molecular formula is C23H22O3. The Morgan fingerprint density at radius 1 is 0.962 bits per heavy atom. The third-order valence-electron chi connectivity index (χ3n) is 5.29. The summed E-state index contributed by atoms with van der Waals surface area (Å²) in [7, 11) is 1.66. The number of benzene rings is 3. The van der Waals surface area contributed by atoms with Crippen LogP contribution in [0.4, 0.5) is 0 Å². The van der Waals surface area contributed by atoms with Gasteiger partial charge in [0.25, 0.3) is 0 Å². The first-order valence-corrected chi connectivity index (χ1v) is 8.86. The average molecular weight is 346 g/mol. The second-order valence-electron chi connectivity index (χ2n) is 6.73. The molecule has 3 nitrogen and oxygen atoms in total. The monoisotopic (exact) mass is 346 g/mol. The van der Waals surface area contributed by atoms with E-state index in [4.69, 9.17) is 4.74 Å². The molecule has 0 saturated carbocycles.